The molecule has 1 N–H and O–H groups in total. The summed E-state index contributed by atoms with van der Waals surface area (Å²) in [4.78, 5) is 12.6. The minimum Gasteiger partial charge on any atom is -0.492 e. The lowest BCUT2D eigenvalue weighted by atomic mass is 10.0. The molecule has 1 heterocycles. The predicted octanol–water partition coefficient (Wildman–Crippen LogP) is 4.22. The maximum Gasteiger partial charge on any atom is 0.252 e. The fourth-order valence-corrected chi connectivity index (χ4v) is 5.00. The maximum atomic E-state index is 12.9. The van der Waals surface area contributed by atoms with Gasteiger partial charge in [0.2, 0.25) is 10.0 Å². The summed E-state index contributed by atoms with van der Waals surface area (Å²) in [6.07, 6.45) is 1.65. The molecule has 0 spiro atoms. The first kappa shape index (κ1) is 22.9. The van der Waals surface area contributed by atoms with Gasteiger partial charge >= 0.3 is 0 Å². The number of carbonyl (C=O) groups is 1. The Bertz CT molecular complexity index is 989. The van der Waals surface area contributed by atoms with E-state index in [1.165, 1.54) is 22.5 Å². The van der Waals surface area contributed by atoms with Crippen LogP contribution in [0.5, 0.6) is 5.75 Å². The van der Waals surface area contributed by atoms with Crippen molar-refractivity contribution < 1.29 is 17.9 Å². The van der Waals surface area contributed by atoms with Gasteiger partial charge in [0.05, 0.1) is 22.0 Å². The molecule has 162 valence electrons. The highest BCUT2D eigenvalue weighted by molar-refractivity contribution is 7.89. The van der Waals surface area contributed by atoms with Crippen LogP contribution in [0.4, 0.5) is 0 Å². The van der Waals surface area contributed by atoms with Gasteiger partial charge in [-0.3, -0.25) is 4.79 Å². The zero-order valence-electron chi connectivity index (χ0n) is 16.6. The van der Waals surface area contributed by atoms with E-state index in [0.717, 1.165) is 12.8 Å². The van der Waals surface area contributed by atoms with E-state index in [2.05, 4.69) is 12.2 Å². The van der Waals surface area contributed by atoms with E-state index >= 15 is 0 Å². The second-order valence-electron chi connectivity index (χ2n) is 7.29. The number of carbonyl (C=O) groups excluding carboxylic acids is 1. The number of piperidine rings is 1. The number of amides is 1. The molecule has 0 bridgehead atoms. The summed E-state index contributed by atoms with van der Waals surface area (Å²) in [6, 6.07) is 11.1. The molecule has 30 heavy (non-hydrogen) atoms. The largest absolute Gasteiger partial charge is 0.492 e. The second-order valence-corrected chi connectivity index (χ2v) is 10.1. The quantitative estimate of drug-likeness (QED) is 0.614. The smallest absolute Gasteiger partial charge is 0.252 e. The van der Waals surface area contributed by atoms with Crippen LogP contribution in [0.1, 0.15) is 30.1 Å². The Labute approximate surface area is 187 Å². The molecule has 0 aromatic heterocycles. The van der Waals surface area contributed by atoms with Gasteiger partial charge in [-0.15, -0.1) is 0 Å². The summed E-state index contributed by atoms with van der Waals surface area (Å²) in [5, 5.41) is 3.50. The van der Waals surface area contributed by atoms with Crippen LogP contribution in [-0.2, 0) is 10.0 Å². The molecule has 0 aliphatic carbocycles. The summed E-state index contributed by atoms with van der Waals surface area (Å²) in [5.41, 5.74) is 0.120. The summed E-state index contributed by atoms with van der Waals surface area (Å²) in [6.45, 7) is 3.56. The van der Waals surface area contributed by atoms with E-state index in [1.807, 2.05) is 0 Å². The van der Waals surface area contributed by atoms with E-state index in [4.69, 9.17) is 27.9 Å². The molecule has 3 rings (SSSR count). The Hall–Kier alpha value is -1.80. The Balaban J connectivity index is 1.62. The van der Waals surface area contributed by atoms with Crippen molar-refractivity contribution in [3.8, 4) is 5.75 Å². The van der Waals surface area contributed by atoms with E-state index in [1.54, 1.807) is 24.3 Å². The number of rotatable bonds is 7. The van der Waals surface area contributed by atoms with E-state index < -0.39 is 15.9 Å². The topological polar surface area (TPSA) is 75.7 Å². The fraction of sp³-hybridized carbons (Fsp3) is 0.381. The molecule has 0 atom stereocenters. The van der Waals surface area contributed by atoms with Crippen LogP contribution in [-0.4, -0.2) is 44.9 Å². The number of ether oxygens (including phenoxy) is 1. The summed E-state index contributed by atoms with van der Waals surface area (Å²) in [7, 11) is -3.66. The lowest BCUT2D eigenvalue weighted by Gasteiger charge is -2.29. The van der Waals surface area contributed by atoms with Gasteiger partial charge in [-0.1, -0.05) is 30.1 Å². The van der Waals surface area contributed by atoms with Gasteiger partial charge in [-0.25, -0.2) is 8.42 Å². The van der Waals surface area contributed by atoms with Gasteiger partial charge in [-0.2, -0.15) is 4.31 Å². The monoisotopic (exact) mass is 470 g/mol. The van der Waals surface area contributed by atoms with Crippen molar-refractivity contribution in [3.05, 3.63) is 58.1 Å². The first-order chi connectivity index (χ1) is 14.3. The molecule has 0 unspecified atom stereocenters. The average Bonchev–Trinajstić information content (AvgIpc) is 2.73. The Kier molecular flexibility index (Phi) is 7.63. The molecule has 9 heteroatoms. The SMILES string of the molecule is CC1CCN(S(=O)(=O)c2ccc(Cl)c(C(=O)NCCOc3ccc(Cl)cc3)c2)CC1. The Morgan fingerprint density at radius 2 is 1.80 bits per heavy atom. The lowest BCUT2D eigenvalue weighted by Crippen LogP contribution is -2.38. The third-order valence-corrected chi connectivity index (χ3v) is 7.51. The molecule has 2 aromatic carbocycles. The van der Waals surface area contributed by atoms with Crippen molar-refractivity contribution in [2.45, 2.75) is 24.7 Å². The van der Waals surface area contributed by atoms with Gasteiger partial charge in [0.1, 0.15) is 12.4 Å². The van der Waals surface area contributed by atoms with Crippen LogP contribution < -0.4 is 10.1 Å². The highest BCUT2D eigenvalue weighted by Crippen LogP contribution is 2.26. The van der Waals surface area contributed by atoms with Crippen LogP contribution in [0.15, 0.2) is 47.4 Å². The van der Waals surface area contributed by atoms with E-state index in [9.17, 15) is 13.2 Å². The Morgan fingerprint density at radius 1 is 1.13 bits per heavy atom. The molecule has 1 aliphatic heterocycles. The van der Waals surface area contributed by atoms with Crippen LogP contribution in [0.3, 0.4) is 0 Å². The maximum absolute atomic E-state index is 12.9. The Morgan fingerprint density at radius 3 is 2.47 bits per heavy atom. The molecule has 6 nitrogen and oxygen atoms in total. The highest BCUT2D eigenvalue weighted by atomic mass is 35.5. The predicted molar refractivity (Wildman–Crippen MR) is 118 cm³/mol. The first-order valence-corrected chi connectivity index (χ1v) is 11.9. The van der Waals surface area contributed by atoms with E-state index in [-0.39, 0.29) is 28.6 Å². The molecule has 0 saturated carbocycles. The fourth-order valence-electron chi connectivity index (χ4n) is 3.17. The van der Waals surface area contributed by atoms with E-state index in [0.29, 0.717) is 29.8 Å². The number of hydrogen-bond acceptors (Lipinski definition) is 4. The standard InChI is InChI=1S/C21H24Cl2N2O4S/c1-15-8-11-25(12-9-15)30(27,28)18-6-7-20(23)19(14-18)21(26)24-10-13-29-17-4-2-16(22)3-5-17/h2-7,14-15H,8-13H2,1H3,(H,24,26). The zero-order valence-corrected chi connectivity index (χ0v) is 18.9. The van der Waals surface area contributed by atoms with Crippen molar-refractivity contribution >= 4 is 39.1 Å². The van der Waals surface area contributed by atoms with Crippen LogP contribution in [0.2, 0.25) is 10.0 Å². The van der Waals surface area contributed by atoms with Crippen LogP contribution in [0.25, 0.3) is 0 Å². The van der Waals surface area contributed by atoms with Gasteiger partial charge in [-0.05, 0) is 61.2 Å². The number of halogens is 2. The summed E-state index contributed by atoms with van der Waals surface area (Å²) in [5.74, 6) is 0.692. The molecule has 0 radical (unpaired) electrons. The van der Waals surface area contributed by atoms with Crippen molar-refractivity contribution in [1.29, 1.82) is 0 Å². The normalized spacial score (nSPS) is 15.7. The summed E-state index contributed by atoms with van der Waals surface area (Å²) >= 11 is 12.0. The highest BCUT2D eigenvalue weighted by Gasteiger charge is 2.29. The number of nitrogens with zero attached hydrogens (tertiary/aromatic N) is 1. The summed E-state index contributed by atoms with van der Waals surface area (Å²) < 4.78 is 32.9. The first-order valence-electron chi connectivity index (χ1n) is 9.73. The number of benzene rings is 2. The van der Waals surface area contributed by atoms with Crippen molar-refractivity contribution in [3.63, 3.8) is 0 Å². The van der Waals surface area contributed by atoms with Crippen LogP contribution in [0, 0.1) is 5.92 Å². The molecular formula is C21H24Cl2N2O4S. The van der Waals surface area contributed by atoms with Gasteiger partial charge in [0.25, 0.3) is 5.91 Å². The van der Waals surface area contributed by atoms with Crippen molar-refractivity contribution in [2.75, 3.05) is 26.2 Å². The molecule has 1 fully saturated rings. The molecule has 1 saturated heterocycles. The average molecular weight is 471 g/mol. The van der Waals surface area contributed by atoms with Crippen molar-refractivity contribution in [1.82, 2.24) is 9.62 Å². The molecule has 1 aliphatic rings. The second kappa shape index (κ2) is 10.0. The third-order valence-electron chi connectivity index (χ3n) is 5.03. The number of hydrogen-bond donors (Lipinski definition) is 1. The van der Waals surface area contributed by atoms with Gasteiger partial charge < -0.3 is 10.1 Å². The molecular weight excluding hydrogens is 447 g/mol. The van der Waals surface area contributed by atoms with Gasteiger partial charge in [0, 0.05) is 18.1 Å². The zero-order chi connectivity index (χ0) is 21.7. The minimum absolute atomic E-state index is 0.0732. The lowest BCUT2D eigenvalue weighted by molar-refractivity contribution is 0.0947. The van der Waals surface area contributed by atoms with Crippen LogP contribution >= 0.6 is 23.2 Å². The number of nitrogens with one attached hydrogen (secondary N) is 1. The third kappa shape index (κ3) is 5.66. The molecule has 1 amide bonds. The van der Waals surface area contributed by atoms with Gasteiger partial charge in [0.15, 0.2) is 0 Å². The number of sulfonamides is 1. The molecule has 2 aromatic rings. The minimum atomic E-state index is -3.66. The van der Waals surface area contributed by atoms with Crippen molar-refractivity contribution in [2.24, 2.45) is 5.92 Å².